The zero-order chi connectivity index (χ0) is 27.2. The Hall–Kier alpha value is -3.11. The van der Waals surface area contributed by atoms with Crippen molar-refractivity contribution in [2.45, 2.75) is 71.2 Å². The van der Waals surface area contributed by atoms with Gasteiger partial charge in [-0.2, -0.15) is 0 Å². The van der Waals surface area contributed by atoms with E-state index in [1.165, 1.54) is 28.7 Å². The summed E-state index contributed by atoms with van der Waals surface area (Å²) in [6.45, 7) is 12.4. The molecule has 2 heterocycles. The Kier molecular flexibility index (Phi) is 9.27. The highest BCUT2D eigenvalue weighted by atomic mass is 32.2. The van der Waals surface area contributed by atoms with E-state index in [0.29, 0.717) is 34.7 Å². The quantitative estimate of drug-likeness (QED) is 0.175. The van der Waals surface area contributed by atoms with Crippen LogP contribution in [0.5, 0.6) is 5.75 Å². The van der Waals surface area contributed by atoms with Crippen molar-refractivity contribution in [3.8, 4) is 5.75 Å². The van der Waals surface area contributed by atoms with E-state index >= 15 is 0 Å². The Bertz CT molecular complexity index is 1330. The number of aryl methyl sites for hydroxylation is 3. The topological polar surface area (TPSA) is 95.3 Å². The van der Waals surface area contributed by atoms with Crippen LogP contribution < -0.4 is 10.1 Å². The van der Waals surface area contributed by atoms with Gasteiger partial charge in [0.1, 0.15) is 10.8 Å². The molecule has 0 aliphatic heterocycles. The van der Waals surface area contributed by atoms with E-state index in [2.05, 4.69) is 28.2 Å². The minimum absolute atomic E-state index is 0.117. The number of nitrogens with one attached hydrogen (secondary N) is 1. The number of aromatic nitrogens is 3. The number of carbonyl (C=O) groups excluding carboxylic acids is 2. The SMILES string of the molecule is C=CCn1c(SCC(=O)Nc2sc3c(c2C(=O)OCC)CCCC3)nnc1C(C)Oc1ccc(C)cc1C. The molecule has 1 N–H and O–H groups in total. The van der Waals surface area contributed by atoms with E-state index in [4.69, 9.17) is 9.47 Å². The van der Waals surface area contributed by atoms with Crippen molar-refractivity contribution in [1.29, 1.82) is 0 Å². The molecule has 0 radical (unpaired) electrons. The first-order valence-electron chi connectivity index (χ1n) is 12.8. The molecule has 1 amide bonds. The van der Waals surface area contributed by atoms with Gasteiger partial charge in [0, 0.05) is 11.4 Å². The number of anilines is 1. The molecule has 1 aliphatic carbocycles. The second-order valence-corrected chi connectivity index (χ2v) is 11.3. The summed E-state index contributed by atoms with van der Waals surface area (Å²) >= 11 is 2.77. The van der Waals surface area contributed by atoms with Gasteiger partial charge in [0.25, 0.3) is 0 Å². The number of allylic oxidation sites excluding steroid dienone is 1. The normalized spacial score (nSPS) is 13.5. The van der Waals surface area contributed by atoms with Crippen LogP contribution in [-0.2, 0) is 28.9 Å². The molecule has 0 bridgehead atoms. The average molecular weight is 555 g/mol. The molecule has 0 fully saturated rings. The second-order valence-electron chi connectivity index (χ2n) is 9.24. The van der Waals surface area contributed by atoms with Crippen molar-refractivity contribution in [1.82, 2.24) is 14.8 Å². The molecule has 1 aromatic carbocycles. The van der Waals surface area contributed by atoms with Crippen LogP contribution in [0.3, 0.4) is 0 Å². The largest absolute Gasteiger partial charge is 0.482 e. The molecule has 38 heavy (non-hydrogen) atoms. The van der Waals surface area contributed by atoms with Gasteiger partial charge in [-0.25, -0.2) is 4.79 Å². The highest BCUT2D eigenvalue weighted by Gasteiger charge is 2.27. The van der Waals surface area contributed by atoms with Crippen molar-refractivity contribution in [2.75, 3.05) is 17.7 Å². The second kappa shape index (κ2) is 12.6. The lowest BCUT2D eigenvalue weighted by molar-refractivity contribution is -0.113. The minimum Gasteiger partial charge on any atom is -0.482 e. The molecule has 0 saturated heterocycles. The highest BCUT2D eigenvalue weighted by molar-refractivity contribution is 7.99. The first-order chi connectivity index (χ1) is 18.3. The summed E-state index contributed by atoms with van der Waals surface area (Å²) in [4.78, 5) is 26.8. The molecule has 3 aromatic rings. The third-order valence-electron chi connectivity index (χ3n) is 6.29. The summed E-state index contributed by atoms with van der Waals surface area (Å²) in [5, 5.41) is 12.8. The highest BCUT2D eigenvalue weighted by Crippen LogP contribution is 2.39. The van der Waals surface area contributed by atoms with Crippen LogP contribution >= 0.6 is 23.1 Å². The molecule has 1 aliphatic rings. The van der Waals surface area contributed by atoms with Crippen molar-refractivity contribution in [3.05, 3.63) is 63.8 Å². The summed E-state index contributed by atoms with van der Waals surface area (Å²) < 4.78 is 13.4. The fraction of sp³-hybridized carbons (Fsp3) is 0.429. The van der Waals surface area contributed by atoms with Gasteiger partial charge < -0.3 is 14.8 Å². The number of ether oxygens (including phenoxy) is 2. The Labute approximate surface area is 231 Å². The summed E-state index contributed by atoms with van der Waals surface area (Å²) in [5.41, 5.74) is 3.76. The predicted molar refractivity (Wildman–Crippen MR) is 151 cm³/mol. The van der Waals surface area contributed by atoms with Gasteiger partial charge in [-0.1, -0.05) is 35.5 Å². The van der Waals surface area contributed by atoms with Gasteiger partial charge in [0.05, 0.1) is 17.9 Å². The number of benzene rings is 1. The first-order valence-corrected chi connectivity index (χ1v) is 14.6. The van der Waals surface area contributed by atoms with Crippen LogP contribution in [-0.4, -0.2) is 39.0 Å². The summed E-state index contributed by atoms with van der Waals surface area (Å²) in [6, 6.07) is 6.05. The van der Waals surface area contributed by atoms with Crippen LogP contribution in [0.2, 0.25) is 0 Å². The third kappa shape index (κ3) is 6.30. The number of fused-ring (bicyclic) bond motifs is 1. The van der Waals surface area contributed by atoms with Crippen molar-refractivity contribution < 1.29 is 19.1 Å². The van der Waals surface area contributed by atoms with E-state index in [-0.39, 0.29) is 23.7 Å². The fourth-order valence-electron chi connectivity index (χ4n) is 4.55. The van der Waals surface area contributed by atoms with Crippen molar-refractivity contribution >= 4 is 40.0 Å². The van der Waals surface area contributed by atoms with Crippen LogP contribution in [0.4, 0.5) is 5.00 Å². The zero-order valence-electron chi connectivity index (χ0n) is 22.3. The van der Waals surface area contributed by atoms with Crippen LogP contribution in [0.15, 0.2) is 36.0 Å². The maximum atomic E-state index is 13.0. The van der Waals surface area contributed by atoms with Gasteiger partial charge in [-0.3, -0.25) is 9.36 Å². The summed E-state index contributed by atoms with van der Waals surface area (Å²) in [6.07, 6.45) is 5.30. The average Bonchev–Trinajstić information content (AvgIpc) is 3.45. The Morgan fingerprint density at radius 2 is 2.05 bits per heavy atom. The summed E-state index contributed by atoms with van der Waals surface area (Å²) in [5.74, 6) is 0.979. The Morgan fingerprint density at radius 1 is 1.26 bits per heavy atom. The molecule has 0 saturated carbocycles. The molecule has 2 aromatic heterocycles. The number of thiophene rings is 1. The standard InChI is InChI=1S/C28H34N4O4S2/c1-6-14-32-25(19(5)36-21-13-12-17(3)15-18(21)4)30-31-28(32)37-16-23(33)29-26-24(27(34)35-7-2)20-10-8-9-11-22(20)38-26/h6,12-13,15,19H,1,7-11,14,16H2,2-5H3,(H,29,33). The number of rotatable bonds is 11. The van der Waals surface area contributed by atoms with E-state index in [0.717, 1.165) is 47.4 Å². The van der Waals surface area contributed by atoms with Gasteiger partial charge >= 0.3 is 5.97 Å². The Balaban J connectivity index is 1.46. The molecule has 202 valence electrons. The molecule has 1 atom stereocenters. The molecular weight excluding hydrogens is 520 g/mol. The van der Waals surface area contributed by atoms with Gasteiger partial charge in [-0.05, 0) is 70.6 Å². The van der Waals surface area contributed by atoms with E-state index in [1.54, 1.807) is 13.0 Å². The maximum Gasteiger partial charge on any atom is 0.341 e. The van der Waals surface area contributed by atoms with E-state index in [9.17, 15) is 9.59 Å². The lowest BCUT2D eigenvalue weighted by Gasteiger charge is -2.17. The predicted octanol–water partition coefficient (Wildman–Crippen LogP) is 6.07. The molecule has 4 rings (SSSR count). The fourth-order valence-corrected chi connectivity index (χ4v) is 6.60. The number of hydrogen-bond donors (Lipinski definition) is 1. The first kappa shape index (κ1) is 27.9. The number of amides is 1. The van der Waals surface area contributed by atoms with Gasteiger partial charge in [0.15, 0.2) is 17.1 Å². The number of carbonyl (C=O) groups is 2. The molecule has 8 nitrogen and oxygen atoms in total. The van der Waals surface area contributed by atoms with Crippen LogP contribution in [0, 0.1) is 13.8 Å². The molecule has 1 unspecified atom stereocenters. The zero-order valence-corrected chi connectivity index (χ0v) is 24.0. The van der Waals surface area contributed by atoms with E-state index < -0.39 is 0 Å². The maximum absolute atomic E-state index is 13.0. The van der Waals surface area contributed by atoms with Gasteiger partial charge in [-0.15, -0.1) is 28.1 Å². The number of hydrogen-bond acceptors (Lipinski definition) is 8. The van der Waals surface area contributed by atoms with Crippen LogP contribution in [0.1, 0.15) is 70.5 Å². The minimum atomic E-state index is -0.372. The smallest absolute Gasteiger partial charge is 0.341 e. The van der Waals surface area contributed by atoms with Crippen LogP contribution in [0.25, 0.3) is 0 Å². The van der Waals surface area contributed by atoms with Crippen molar-refractivity contribution in [2.24, 2.45) is 0 Å². The van der Waals surface area contributed by atoms with Crippen molar-refractivity contribution in [3.63, 3.8) is 0 Å². The third-order valence-corrected chi connectivity index (χ3v) is 8.47. The molecular formula is C28H34N4O4S2. The molecule has 0 spiro atoms. The number of thioether (sulfide) groups is 1. The Morgan fingerprint density at radius 3 is 2.79 bits per heavy atom. The lowest BCUT2D eigenvalue weighted by Crippen LogP contribution is -2.17. The monoisotopic (exact) mass is 554 g/mol. The summed E-state index contributed by atoms with van der Waals surface area (Å²) in [7, 11) is 0. The lowest BCUT2D eigenvalue weighted by atomic mass is 9.95. The number of esters is 1. The van der Waals surface area contributed by atoms with Gasteiger partial charge in [0.2, 0.25) is 5.91 Å². The molecule has 10 heteroatoms. The number of nitrogens with zero attached hydrogens (tertiary/aromatic N) is 3. The van der Waals surface area contributed by atoms with E-state index in [1.807, 2.05) is 37.5 Å².